The van der Waals surface area contributed by atoms with Crippen molar-refractivity contribution in [3.05, 3.63) is 47.5 Å². The van der Waals surface area contributed by atoms with Crippen LogP contribution in [0.3, 0.4) is 0 Å². The highest BCUT2D eigenvalue weighted by Crippen LogP contribution is 2.27. The highest BCUT2D eigenvalue weighted by atomic mass is 32.2. The lowest BCUT2D eigenvalue weighted by molar-refractivity contribution is 0.185. The van der Waals surface area contributed by atoms with E-state index in [0.717, 1.165) is 30.9 Å². The first-order chi connectivity index (χ1) is 13.0. The fraction of sp³-hybridized carbons (Fsp3) is 0.474. The van der Waals surface area contributed by atoms with Crippen LogP contribution in [-0.2, 0) is 27.7 Å². The topological polar surface area (TPSA) is 88.2 Å². The molecule has 1 saturated heterocycles. The summed E-state index contributed by atoms with van der Waals surface area (Å²) in [5.74, 6) is 1.22. The number of nitriles is 1. The number of methoxy groups -OCH3 is 1. The fourth-order valence-electron chi connectivity index (χ4n) is 3.45. The number of hydrogen-bond acceptors (Lipinski definition) is 5. The SMILES string of the molecule is COCCn1c(C)cnc1CC1CCN(S(=O)(=O)c2ccc(C#N)cc2)C1. The first-order valence-electron chi connectivity index (χ1n) is 8.96. The summed E-state index contributed by atoms with van der Waals surface area (Å²) in [6.07, 6.45) is 3.41. The summed E-state index contributed by atoms with van der Waals surface area (Å²) in [6, 6.07) is 8.08. The Bertz CT molecular complexity index is 929. The van der Waals surface area contributed by atoms with Crippen molar-refractivity contribution >= 4 is 10.0 Å². The monoisotopic (exact) mass is 388 g/mol. The number of nitrogens with zero attached hydrogens (tertiary/aromatic N) is 4. The van der Waals surface area contributed by atoms with Gasteiger partial charge in [0.1, 0.15) is 5.82 Å². The molecule has 0 aliphatic carbocycles. The van der Waals surface area contributed by atoms with Crippen molar-refractivity contribution in [3.63, 3.8) is 0 Å². The Morgan fingerprint density at radius 2 is 2.07 bits per heavy atom. The number of benzene rings is 1. The third kappa shape index (κ3) is 4.21. The average Bonchev–Trinajstić information content (AvgIpc) is 3.28. The Morgan fingerprint density at radius 3 is 2.74 bits per heavy atom. The maximum absolute atomic E-state index is 12.9. The van der Waals surface area contributed by atoms with Crippen LogP contribution in [0.25, 0.3) is 0 Å². The molecule has 1 aromatic carbocycles. The van der Waals surface area contributed by atoms with Crippen LogP contribution >= 0.6 is 0 Å². The zero-order valence-electron chi connectivity index (χ0n) is 15.6. The van der Waals surface area contributed by atoms with Crippen LogP contribution in [0.4, 0.5) is 0 Å². The molecule has 8 heteroatoms. The Balaban J connectivity index is 1.69. The summed E-state index contributed by atoms with van der Waals surface area (Å²) in [6.45, 7) is 4.37. The molecule has 1 atom stereocenters. The summed E-state index contributed by atoms with van der Waals surface area (Å²) < 4.78 is 34.5. The second kappa shape index (κ2) is 8.21. The van der Waals surface area contributed by atoms with Crippen molar-refractivity contribution in [3.8, 4) is 6.07 Å². The third-order valence-electron chi connectivity index (χ3n) is 5.00. The molecule has 3 rings (SSSR count). The van der Waals surface area contributed by atoms with Crippen molar-refractivity contribution in [1.29, 1.82) is 5.26 Å². The van der Waals surface area contributed by atoms with Gasteiger partial charge in [-0.3, -0.25) is 0 Å². The Hall–Kier alpha value is -2.21. The maximum atomic E-state index is 12.9. The van der Waals surface area contributed by atoms with E-state index >= 15 is 0 Å². The Kier molecular flexibility index (Phi) is 5.95. The van der Waals surface area contributed by atoms with E-state index in [1.807, 2.05) is 19.2 Å². The molecule has 0 spiro atoms. The minimum Gasteiger partial charge on any atom is -0.383 e. The Labute approximate surface area is 160 Å². The van der Waals surface area contributed by atoms with Crippen molar-refractivity contribution in [2.75, 3.05) is 26.8 Å². The summed E-state index contributed by atoms with van der Waals surface area (Å²) in [4.78, 5) is 4.74. The van der Waals surface area contributed by atoms with E-state index in [0.29, 0.717) is 25.3 Å². The van der Waals surface area contributed by atoms with Gasteiger partial charge >= 0.3 is 0 Å². The van der Waals surface area contributed by atoms with Crippen molar-refractivity contribution in [1.82, 2.24) is 13.9 Å². The van der Waals surface area contributed by atoms with Gasteiger partial charge in [-0.05, 0) is 43.5 Å². The standard InChI is InChI=1S/C19H24N4O3S/c1-15-13-21-19(23(15)9-10-26-2)11-17-7-8-22(14-17)27(24,25)18-5-3-16(12-20)4-6-18/h3-6,13,17H,7-11,14H2,1-2H3. The first kappa shape index (κ1) is 19.5. The summed E-state index contributed by atoms with van der Waals surface area (Å²) in [5, 5.41) is 8.87. The minimum absolute atomic E-state index is 0.236. The van der Waals surface area contributed by atoms with Gasteiger partial charge in [-0.2, -0.15) is 9.57 Å². The largest absolute Gasteiger partial charge is 0.383 e. The fourth-order valence-corrected chi connectivity index (χ4v) is 4.98. The lowest BCUT2D eigenvalue weighted by atomic mass is 10.0. The molecule has 0 N–H and O–H groups in total. The molecule has 144 valence electrons. The van der Waals surface area contributed by atoms with Gasteiger partial charge in [-0.15, -0.1) is 0 Å². The predicted octanol–water partition coefficient (Wildman–Crippen LogP) is 1.96. The van der Waals surface area contributed by atoms with Gasteiger partial charge in [-0.1, -0.05) is 0 Å². The van der Waals surface area contributed by atoms with Crippen molar-refractivity contribution in [2.45, 2.75) is 31.2 Å². The minimum atomic E-state index is -3.53. The molecule has 0 amide bonds. The molecule has 2 aromatic rings. The molecule has 1 aliphatic heterocycles. The molecule has 1 fully saturated rings. The van der Waals surface area contributed by atoms with E-state index < -0.39 is 10.0 Å². The van der Waals surface area contributed by atoms with Gasteiger partial charge in [0.2, 0.25) is 10.0 Å². The smallest absolute Gasteiger partial charge is 0.243 e. The molecule has 2 heterocycles. The van der Waals surface area contributed by atoms with Crippen LogP contribution in [0.1, 0.15) is 23.5 Å². The highest BCUT2D eigenvalue weighted by molar-refractivity contribution is 7.89. The zero-order chi connectivity index (χ0) is 19.4. The molecular formula is C19H24N4O3S. The molecular weight excluding hydrogens is 364 g/mol. The van der Waals surface area contributed by atoms with E-state index in [9.17, 15) is 8.42 Å². The molecule has 27 heavy (non-hydrogen) atoms. The van der Waals surface area contributed by atoms with E-state index in [-0.39, 0.29) is 10.8 Å². The number of ether oxygens (including phenoxy) is 1. The number of hydrogen-bond donors (Lipinski definition) is 0. The van der Waals surface area contributed by atoms with Crippen LogP contribution in [0.15, 0.2) is 35.4 Å². The number of aryl methyl sites for hydroxylation is 1. The molecule has 0 saturated carbocycles. The number of imidazole rings is 1. The average molecular weight is 388 g/mol. The first-order valence-corrected chi connectivity index (χ1v) is 10.4. The van der Waals surface area contributed by atoms with Gasteiger partial charge < -0.3 is 9.30 Å². The van der Waals surface area contributed by atoms with Gasteiger partial charge in [0.05, 0.1) is 23.1 Å². The summed E-state index contributed by atoms with van der Waals surface area (Å²) in [7, 11) is -1.86. The second-order valence-corrected chi connectivity index (χ2v) is 8.76. The van der Waals surface area contributed by atoms with Gasteiger partial charge in [0.25, 0.3) is 0 Å². The number of rotatable bonds is 7. The number of aromatic nitrogens is 2. The van der Waals surface area contributed by atoms with E-state index in [1.165, 1.54) is 28.6 Å². The molecule has 1 unspecified atom stereocenters. The predicted molar refractivity (Wildman–Crippen MR) is 101 cm³/mol. The van der Waals surface area contributed by atoms with Crippen molar-refractivity contribution in [2.24, 2.45) is 5.92 Å². The van der Waals surface area contributed by atoms with E-state index in [4.69, 9.17) is 10.00 Å². The van der Waals surface area contributed by atoms with Crippen LogP contribution in [0, 0.1) is 24.2 Å². The molecule has 7 nitrogen and oxygen atoms in total. The Morgan fingerprint density at radius 1 is 1.33 bits per heavy atom. The van der Waals surface area contributed by atoms with E-state index in [2.05, 4.69) is 9.55 Å². The molecule has 1 aliphatic rings. The quantitative estimate of drug-likeness (QED) is 0.723. The normalized spacial score (nSPS) is 17.9. The molecule has 0 radical (unpaired) electrons. The van der Waals surface area contributed by atoms with Crippen molar-refractivity contribution < 1.29 is 13.2 Å². The lowest BCUT2D eigenvalue weighted by Gasteiger charge is -2.17. The maximum Gasteiger partial charge on any atom is 0.243 e. The van der Waals surface area contributed by atoms with Gasteiger partial charge in [-0.25, -0.2) is 13.4 Å². The van der Waals surface area contributed by atoms with Gasteiger partial charge in [0.15, 0.2) is 0 Å². The number of sulfonamides is 1. The van der Waals surface area contributed by atoms with Crippen LogP contribution < -0.4 is 0 Å². The highest BCUT2D eigenvalue weighted by Gasteiger charge is 2.33. The molecule has 0 bridgehead atoms. The lowest BCUT2D eigenvalue weighted by Crippen LogP contribution is -2.29. The summed E-state index contributed by atoms with van der Waals surface area (Å²) >= 11 is 0. The zero-order valence-corrected chi connectivity index (χ0v) is 16.4. The summed E-state index contributed by atoms with van der Waals surface area (Å²) in [5.41, 5.74) is 1.54. The van der Waals surface area contributed by atoms with Crippen LogP contribution in [-0.4, -0.2) is 49.1 Å². The van der Waals surface area contributed by atoms with E-state index in [1.54, 1.807) is 7.11 Å². The molecule has 1 aromatic heterocycles. The second-order valence-electron chi connectivity index (χ2n) is 6.82. The third-order valence-corrected chi connectivity index (χ3v) is 6.88. The van der Waals surface area contributed by atoms with Crippen LogP contribution in [0.2, 0.25) is 0 Å². The van der Waals surface area contributed by atoms with Gasteiger partial charge in [0, 0.05) is 45.1 Å². The van der Waals surface area contributed by atoms with Crippen LogP contribution in [0.5, 0.6) is 0 Å².